The minimum absolute atomic E-state index is 0.507. The van der Waals surface area contributed by atoms with Gasteiger partial charge in [0.05, 0.1) is 12.6 Å². The van der Waals surface area contributed by atoms with E-state index in [9.17, 15) is 5.11 Å². The first kappa shape index (κ1) is 11.7. The van der Waals surface area contributed by atoms with E-state index in [1.807, 2.05) is 35.9 Å². The minimum Gasteiger partial charge on any atom is -0.399 e. The lowest BCUT2D eigenvalue weighted by Gasteiger charge is -2.14. The van der Waals surface area contributed by atoms with E-state index in [0.717, 1.165) is 17.8 Å². The number of aromatic nitrogens is 2. The summed E-state index contributed by atoms with van der Waals surface area (Å²) in [5.41, 5.74) is 7.20. The molecule has 0 saturated carbocycles. The van der Waals surface area contributed by atoms with Crippen LogP contribution in [-0.4, -0.2) is 14.7 Å². The van der Waals surface area contributed by atoms with Crippen molar-refractivity contribution < 1.29 is 5.11 Å². The van der Waals surface area contributed by atoms with E-state index < -0.39 is 6.10 Å². The van der Waals surface area contributed by atoms with Crippen molar-refractivity contribution in [2.24, 2.45) is 0 Å². The van der Waals surface area contributed by atoms with Crippen LogP contribution in [0.3, 0.4) is 0 Å². The maximum atomic E-state index is 10.1. The zero-order valence-electron chi connectivity index (χ0n) is 9.87. The van der Waals surface area contributed by atoms with E-state index in [4.69, 9.17) is 5.73 Å². The molecule has 17 heavy (non-hydrogen) atoms. The maximum absolute atomic E-state index is 10.1. The first-order valence-corrected chi connectivity index (χ1v) is 5.74. The quantitative estimate of drug-likeness (QED) is 0.788. The Kier molecular flexibility index (Phi) is 3.44. The van der Waals surface area contributed by atoms with Gasteiger partial charge in [0.2, 0.25) is 0 Å². The first-order chi connectivity index (χ1) is 8.20. The summed E-state index contributed by atoms with van der Waals surface area (Å²) in [7, 11) is 0. The molecule has 0 fully saturated rings. The van der Waals surface area contributed by atoms with Crippen LogP contribution in [0.5, 0.6) is 0 Å². The van der Waals surface area contributed by atoms with Gasteiger partial charge in [-0.25, -0.2) is 4.98 Å². The standard InChI is InChI=1S/C13H17N3O/c1-2-13-15-6-7-16(13)9-12(17)10-4-3-5-11(14)8-10/h3-8,12,17H,2,9,14H2,1H3. The second-order valence-corrected chi connectivity index (χ2v) is 4.04. The van der Waals surface area contributed by atoms with Crippen LogP contribution in [-0.2, 0) is 13.0 Å². The molecule has 0 bridgehead atoms. The summed E-state index contributed by atoms with van der Waals surface area (Å²) >= 11 is 0. The van der Waals surface area contributed by atoms with Gasteiger partial charge in [-0.1, -0.05) is 19.1 Å². The molecule has 0 saturated heterocycles. The number of nitrogen functional groups attached to an aromatic ring is 1. The van der Waals surface area contributed by atoms with Crippen LogP contribution in [0, 0.1) is 0 Å². The van der Waals surface area contributed by atoms with Crippen molar-refractivity contribution >= 4 is 5.69 Å². The SMILES string of the molecule is CCc1nccn1CC(O)c1cccc(N)c1. The molecule has 0 aliphatic rings. The topological polar surface area (TPSA) is 64.1 Å². The number of hydrogen-bond acceptors (Lipinski definition) is 3. The average Bonchev–Trinajstić information content (AvgIpc) is 2.76. The number of nitrogens with two attached hydrogens (primary N) is 1. The fourth-order valence-electron chi connectivity index (χ4n) is 1.88. The molecule has 4 heteroatoms. The van der Waals surface area contributed by atoms with Gasteiger partial charge in [-0.3, -0.25) is 0 Å². The highest BCUT2D eigenvalue weighted by molar-refractivity contribution is 5.41. The molecule has 2 rings (SSSR count). The van der Waals surface area contributed by atoms with E-state index in [1.54, 1.807) is 12.3 Å². The molecule has 0 radical (unpaired) electrons. The predicted octanol–water partition coefficient (Wildman–Crippen LogP) is 1.76. The summed E-state index contributed by atoms with van der Waals surface area (Å²) in [6.07, 6.45) is 3.94. The predicted molar refractivity (Wildman–Crippen MR) is 67.4 cm³/mol. The molecule has 1 atom stereocenters. The Labute approximate surface area is 101 Å². The van der Waals surface area contributed by atoms with Gasteiger partial charge in [-0.15, -0.1) is 0 Å². The average molecular weight is 231 g/mol. The molecule has 90 valence electrons. The van der Waals surface area contributed by atoms with Crippen LogP contribution in [0.15, 0.2) is 36.7 Å². The molecular formula is C13H17N3O. The zero-order chi connectivity index (χ0) is 12.3. The smallest absolute Gasteiger partial charge is 0.108 e. The molecule has 1 unspecified atom stereocenters. The van der Waals surface area contributed by atoms with Gasteiger partial charge >= 0.3 is 0 Å². The highest BCUT2D eigenvalue weighted by Crippen LogP contribution is 2.18. The Balaban J connectivity index is 2.14. The van der Waals surface area contributed by atoms with E-state index in [0.29, 0.717) is 12.2 Å². The molecule has 0 amide bonds. The highest BCUT2D eigenvalue weighted by atomic mass is 16.3. The first-order valence-electron chi connectivity index (χ1n) is 5.74. The Morgan fingerprint density at radius 2 is 2.29 bits per heavy atom. The van der Waals surface area contributed by atoms with Crippen molar-refractivity contribution in [2.75, 3.05) is 5.73 Å². The van der Waals surface area contributed by atoms with Crippen LogP contribution < -0.4 is 5.73 Å². The summed E-state index contributed by atoms with van der Waals surface area (Å²) in [6.45, 7) is 2.55. The summed E-state index contributed by atoms with van der Waals surface area (Å²) in [6, 6.07) is 7.34. The number of aliphatic hydroxyl groups is 1. The zero-order valence-corrected chi connectivity index (χ0v) is 9.87. The number of benzene rings is 1. The lowest BCUT2D eigenvalue weighted by atomic mass is 10.1. The Morgan fingerprint density at radius 3 is 3.00 bits per heavy atom. The van der Waals surface area contributed by atoms with Gasteiger partial charge in [0.25, 0.3) is 0 Å². The van der Waals surface area contributed by atoms with E-state index in [2.05, 4.69) is 4.98 Å². The second-order valence-electron chi connectivity index (χ2n) is 4.04. The lowest BCUT2D eigenvalue weighted by molar-refractivity contribution is 0.155. The molecule has 4 nitrogen and oxygen atoms in total. The van der Waals surface area contributed by atoms with Gasteiger partial charge < -0.3 is 15.4 Å². The van der Waals surface area contributed by atoms with Gasteiger partial charge in [0, 0.05) is 24.5 Å². The Hall–Kier alpha value is -1.81. The summed E-state index contributed by atoms with van der Waals surface area (Å²) in [4.78, 5) is 4.23. The second kappa shape index (κ2) is 5.01. The maximum Gasteiger partial charge on any atom is 0.108 e. The lowest BCUT2D eigenvalue weighted by Crippen LogP contribution is -2.10. The number of rotatable bonds is 4. The van der Waals surface area contributed by atoms with Crippen molar-refractivity contribution in [3.63, 3.8) is 0 Å². The monoisotopic (exact) mass is 231 g/mol. The number of imidazole rings is 1. The summed E-state index contributed by atoms with van der Waals surface area (Å²) in [5, 5.41) is 10.1. The third-order valence-corrected chi connectivity index (χ3v) is 2.78. The minimum atomic E-state index is -0.557. The van der Waals surface area contributed by atoms with Crippen molar-refractivity contribution in [3.05, 3.63) is 48.0 Å². The van der Waals surface area contributed by atoms with Crippen LogP contribution in [0.2, 0.25) is 0 Å². The number of nitrogens with zero attached hydrogens (tertiary/aromatic N) is 2. The van der Waals surface area contributed by atoms with Crippen molar-refractivity contribution in [2.45, 2.75) is 26.0 Å². The highest BCUT2D eigenvalue weighted by Gasteiger charge is 2.10. The van der Waals surface area contributed by atoms with Crippen LogP contribution in [0.4, 0.5) is 5.69 Å². The Bertz CT molecular complexity index is 493. The fourth-order valence-corrected chi connectivity index (χ4v) is 1.88. The van der Waals surface area contributed by atoms with Gasteiger partial charge in [-0.05, 0) is 17.7 Å². The molecule has 0 aliphatic carbocycles. The van der Waals surface area contributed by atoms with Crippen LogP contribution in [0.25, 0.3) is 0 Å². The fraction of sp³-hybridized carbons (Fsp3) is 0.308. The third kappa shape index (κ3) is 2.65. The van der Waals surface area contributed by atoms with E-state index >= 15 is 0 Å². The molecule has 3 N–H and O–H groups in total. The molecule has 1 aromatic carbocycles. The summed E-state index contributed by atoms with van der Waals surface area (Å²) in [5.74, 6) is 0.980. The van der Waals surface area contributed by atoms with Gasteiger partial charge in [0.1, 0.15) is 5.82 Å². The van der Waals surface area contributed by atoms with Gasteiger partial charge in [-0.2, -0.15) is 0 Å². The van der Waals surface area contributed by atoms with E-state index in [1.165, 1.54) is 0 Å². The van der Waals surface area contributed by atoms with E-state index in [-0.39, 0.29) is 0 Å². The number of aryl methyl sites for hydroxylation is 1. The largest absolute Gasteiger partial charge is 0.399 e. The molecule has 1 heterocycles. The molecule has 0 spiro atoms. The number of aliphatic hydroxyl groups excluding tert-OH is 1. The Morgan fingerprint density at radius 1 is 1.47 bits per heavy atom. The molecule has 1 aromatic heterocycles. The van der Waals surface area contributed by atoms with Crippen molar-refractivity contribution in [1.82, 2.24) is 9.55 Å². The summed E-state index contributed by atoms with van der Waals surface area (Å²) < 4.78 is 1.97. The normalized spacial score (nSPS) is 12.6. The number of hydrogen-bond donors (Lipinski definition) is 2. The molecular weight excluding hydrogens is 214 g/mol. The third-order valence-electron chi connectivity index (χ3n) is 2.78. The van der Waals surface area contributed by atoms with Crippen LogP contribution in [0.1, 0.15) is 24.4 Å². The van der Waals surface area contributed by atoms with Crippen LogP contribution >= 0.6 is 0 Å². The molecule has 0 aliphatic heterocycles. The van der Waals surface area contributed by atoms with Crippen molar-refractivity contribution in [1.29, 1.82) is 0 Å². The molecule has 2 aromatic rings. The van der Waals surface area contributed by atoms with Gasteiger partial charge in [0.15, 0.2) is 0 Å². The van der Waals surface area contributed by atoms with Crippen molar-refractivity contribution in [3.8, 4) is 0 Å². The number of anilines is 1.